The first-order valence-electron chi connectivity index (χ1n) is 21.1. The van der Waals surface area contributed by atoms with Crippen LogP contribution in [-0.2, 0) is 0 Å². The number of hydrogen-bond donors (Lipinski definition) is 0. The SMILES string of the molecule is CCCCCCCCCCCCCCCN(C(C)(C)CCCCCCCCCCC)C(C)(C)CCCCCCCCCCC. The first kappa shape index (κ1) is 44.0. The molecule has 0 unspecified atom stereocenters. The van der Waals surface area contributed by atoms with E-state index in [9.17, 15) is 0 Å². The molecule has 0 heterocycles. The average molecular weight is 620 g/mol. The van der Waals surface area contributed by atoms with Crippen molar-refractivity contribution in [2.24, 2.45) is 0 Å². The second-order valence-electron chi connectivity index (χ2n) is 16.2. The van der Waals surface area contributed by atoms with E-state index in [0.717, 1.165) is 0 Å². The van der Waals surface area contributed by atoms with Crippen molar-refractivity contribution in [1.82, 2.24) is 4.90 Å². The van der Waals surface area contributed by atoms with Crippen molar-refractivity contribution >= 4 is 0 Å². The summed E-state index contributed by atoms with van der Waals surface area (Å²) in [7, 11) is 0. The van der Waals surface area contributed by atoms with E-state index in [2.05, 4.69) is 53.4 Å². The topological polar surface area (TPSA) is 3.24 Å². The van der Waals surface area contributed by atoms with Gasteiger partial charge in [-0.05, 0) is 53.5 Å². The van der Waals surface area contributed by atoms with Crippen molar-refractivity contribution in [1.29, 1.82) is 0 Å². The fourth-order valence-electron chi connectivity index (χ4n) is 7.72. The molecule has 0 aromatic carbocycles. The summed E-state index contributed by atoms with van der Waals surface area (Å²) in [5.41, 5.74) is 0.613. The highest BCUT2D eigenvalue weighted by Gasteiger charge is 2.36. The Kier molecular flexibility index (Phi) is 31.5. The van der Waals surface area contributed by atoms with E-state index in [1.165, 1.54) is 218 Å². The summed E-state index contributed by atoms with van der Waals surface area (Å²) in [5, 5.41) is 0. The van der Waals surface area contributed by atoms with Crippen LogP contribution < -0.4 is 0 Å². The van der Waals surface area contributed by atoms with Crippen LogP contribution in [0.5, 0.6) is 0 Å². The second kappa shape index (κ2) is 31.6. The van der Waals surface area contributed by atoms with Gasteiger partial charge in [0.25, 0.3) is 0 Å². The van der Waals surface area contributed by atoms with Gasteiger partial charge in [-0.2, -0.15) is 0 Å². The smallest absolute Gasteiger partial charge is 0.0158 e. The maximum Gasteiger partial charge on any atom is 0.0158 e. The summed E-state index contributed by atoms with van der Waals surface area (Å²) in [6.07, 6.45) is 47.3. The third-order valence-corrected chi connectivity index (χ3v) is 10.7. The molecule has 1 nitrogen and oxygen atoms in total. The summed E-state index contributed by atoms with van der Waals surface area (Å²) in [6, 6.07) is 0. The van der Waals surface area contributed by atoms with Crippen molar-refractivity contribution in [2.75, 3.05) is 6.54 Å². The van der Waals surface area contributed by atoms with E-state index in [1.807, 2.05) is 0 Å². The molecule has 0 amide bonds. The Hall–Kier alpha value is -0.0400. The second-order valence-corrected chi connectivity index (χ2v) is 16.2. The number of nitrogens with zero attached hydrogens (tertiary/aromatic N) is 1. The van der Waals surface area contributed by atoms with Crippen molar-refractivity contribution in [3.8, 4) is 0 Å². The van der Waals surface area contributed by atoms with Gasteiger partial charge >= 0.3 is 0 Å². The number of hydrogen-bond acceptors (Lipinski definition) is 1. The summed E-state index contributed by atoms with van der Waals surface area (Å²) in [4.78, 5) is 2.98. The predicted octanol–water partition coefficient (Wildman–Crippen LogP) is 15.8. The summed E-state index contributed by atoms with van der Waals surface area (Å²) in [6.45, 7) is 18.6. The molecule has 0 aliphatic heterocycles. The Morgan fingerprint density at radius 2 is 0.477 bits per heavy atom. The van der Waals surface area contributed by atoms with Crippen molar-refractivity contribution in [3.63, 3.8) is 0 Å². The zero-order valence-electron chi connectivity index (χ0n) is 32.5. The van der Waals surface area contributed by atoms with Crippen LogP contribution in [0.3, 0.4) is 0 Å². The van der Waals surface area contributed by atoms with Gasteiger partial charge in [-0.25, -0.2) is 0 Å². The minimum absolute atomic E-state index is 0.307. The van der Waals surface area contributed by atoms with E-state index >= 15 is 0 Å². The van der Waals surface area contributed by atoms with Gasteiger partial charge in [0.15, 0.2) is 0 Å². The standard InChI is InChI=1S/C43H89N/c1-8-11-14-17-20-23-24-25-26-29-32-35-38-41-44(42(4,5)39-36-33-30-27-21-18-15-12-9-2)43(6,7)40-37-34-31-28-22-19-16-13-10-3/h8-41H2,1-7H3. The molecule has 0 radical (unpaired) electrons. The van der Waals surface area contributed by atoms with Crippen LogP contribution in [0.25, 0.3) is 0 Å². The van der Waals surface area contributed by atoms with Gasteiger partial charge in [-0.1, -0.05) is 213 Å². The van der Waals surface area contributed by atoms with Crippen LogP contribution in [0.4, 0.5) is 0 Å². The Morgan fingerprint density at radius 1 is 0.273 bits per heavy atom. The first-order valence-corrected chi connectivity index (χ1v) is 21.1. The van der Waals surface area contributed by atoms with Crippen LogP contribution in [0, 0.1) is 0 Å². The Bertz CT molecular complexity index is 515. The monoisotopic (exact) mass is 620 g/mol. The van der Waals surface area contributed by atoms with Gasteiger partial charge in [0.05, 0.1) is 0 Å². The lowest BCUT2D eigenvalue weighted by Crippen LogP contribution is -2.55. The fourth-order valence-corrected chi connectivity index (χ4v) is 7.72. The number of unbranched alkanes of at least 4 members (excludes halogenated alkanes) is 28. The molecule has 0 rings (SSSR count). The maximum atomic E-state index is 2.98. The van der Waals surface area contributed by atoms with Gasteiger partial charge < -0.3 is 0 Å². The van der Waals surface area contributed by atoms with Crippen LogP contribution in [-0.4, -0.2) is 22.5 Å². The molecule has 266 valence electrons. The molecule has 0 saturated carbocycles. The first-order chi connectivity index (χ1) is 21.3. The highest BCUT2D eigenvalue weighted by molar-refractivity contribution is 4.92. The lowest BCUT2D eigenvalue weighted by molar-refractivity contribution is 0.00151. The molecular formula is C43H89N. The van der Waals surface area contributed by atoms with Crippen molar-refractivity contribution in [2.45, 2.75) is 271 Å². The van der Waals surface area contributed by atoms with Gasteiger partial charge in [0, 0.05) is 11.1 Å². The molecule has 44 heavy (non-hydrogen) atoms. The molecule has 0 fully saturated rings. The molecule has 1 heteroatoms. The van der Waals surface area contributed by atoms with Crippen LogP contribution in [0.2, 0.25) is 0 Å². The van der Waals surface area contributed by atoms with E-state index in [1.54, 1.807) is 0 Å². The van der Waals surface area contributed by atoms with E-state index in [4.69, 9.17) is 0 Å². The molecule has 0 aliphatic rings. The molecule has 0 saturated heterocycles. The van der Waals surface area contributed by atoms with Crippen LogP contribution >= 0.6 is 0 Å². The molecule has 0 atom stereocenters. The lowest BCUT2D eigenvalue weighted by Gasteiger charge is -2.49. The molecule has 0 bridgehead atoms. The summed E-state index contributed by atoms with van der Waals surface area (Å²) < 4.78 is 0. The molecule has 0 aromatic rings. The summed E-state index contributed by atoms with van der Waals surface area (Å²) >= 11 is 0. The van der Waals surface area contributed by atoms with Gasteiger partial charge in [0.1, 0.15) is 0 Å². The van der Waals surface area contributed by atoms with Crippen molar-refractivity contribution in [3.05, 3.63) is 0 Å². The maximum absolute atomic E-state index is 2.98. The van der Waals surface area contributed by atoms with Crippen molar-refractivity contribution < 1.29 is 0 Å². The number of rotatable bonds is 36. The normalized spacial score (nSPS) is 12.5. The third-order valence-electron chi connectivity index (χ3n) is 10.7. The van der Waals surface area contributed by atoms with E-state index in [-0.39, 0.29) is 0 Å². The highest BCUT2D eigenvalue weighted by atomic mass is 15.2. The van der Waals surface area contributed by atoms with E-state index < -0.39 is 0 Å². The zero-order valence-corrected chi connectivity index (χ0v) is 32.5. The average Bonchev–Trinajstić information content (AvgIpc) is 2.99. The highest BCUT2D eigenvalue weighted by Crippen LogP contribution is 2.34. The predicted molar refractivity (Wildman–Crippen MR) is 204 cm³/mol. The summed E-state index contributed by atoms with van der Waals surface area (Å²) in [5.74, 6) is 0. The third kappa shape index (κ3) is 27.1. The molecule has 0 N–H and O–H groups in total. The minimum atomic E-state index is 0.307. The zero-order chi connectivity index (χ0) is 32.6. The molecule has 0 spiro atoms. The Balaban J connectivity index is 4.53. The molecule has 0 aliphatic carbocycles. The quantitative estimate of drug-likeness (QED) is 0.0631. The Labute approximate surface area is 282 Å². The van der Waals surface area contributed by atoms with E-state index in [0.29, 0.717) is 11.1 Å². The minimum Gasteiger partial charge on any atom is -0.293 e. The van der Waals surface area contributed by atoms with Crippen LogP contribution in [0.15, 0.2) is 0 Å². The molecular weight excluding hydrogens is 530 g/mol. The van der Waals surface area contributed by atoms with Gasteiger partial charge in [0.2, 0.25) is 0 Å². The Morgan fingerprint density at radius 3 is 0.727 bits per heavy atom. The lowest BCUT2D eigenvalue weighted by atomic mass is 9.85. The fraction of sp³-hybridized carbons (Fsp3) is 1.00. The van der Waals surface area contributed by atoms with Crippen LogP contribution in [0.1, 0.15) is 260 Å². The van der Waals surface area contributed by atoms with Gasteiger partial charge in [-0.15, -0.1) is 0 Å². The molecule has 0 aromatic heterocycles. The van der Waals surface area contributed by atoms with Gasteiger partial charge in [-0.3, -0.25) is 4.90 Å². The largest absolute Gasteiger partial charge is 0.293 e.